The predicted octanol–water partition coefficient (Wildman–Crippen LogP) is 3.85. The van der Waals surface area contributed by atoms with Crippen molar-refractivity contribution in [2.24, 2.45) is 17.3 Å². The topological polar surface area (TPSA) is 57.5 Å². The molecule has 3 heteroatoms. The highest BCUT2D eigenvalue weighted by Crippen LogP contribution is 2.44. The number of rotatable bonds is 8. The molecule has 0 aliphatic heterocycles. The van der Waals surface area contributed by atoms with Crippen LogP contribution in [-0.2, 0) is 4.79 Å². The van der Waals surface area contributed by atoms with Gasteiger partial charge in [0.15, 0.2) is 0 Å². The molecule has 2 N–H and O–H groups in total. The molecule has 0 aromatic heterocycles. The first-order valence-electron chi connectivity index (χ1n) is 7.86. The monoisotopic (exact) mass is 270 g/mol. The second-order valence-corrected chi connectivity index (χ2v) is 6.55. The molecule has 0 atom stereocenters. The van der Waals surface area contributed by atoms with Gasteiger partial charge in [0.2, 0.25) is 0 Å². The third-order valence-electron chi connectivity index (χ3n) is 4.95. The summed E-state index contributed by atoms with van der Waals surface area (Å²) < 4.78 is 0. The number of aliphatic hydroxyl groups is 1. The number of carboxylic acid groups (broad SMARTS) is 1. The highest BCUT2D eigenvalue weighted by molar-refractivity contribution is 5.74. The van der Waals surface area contributed by atoms with Crippen molar-refractivity contribution in [3.8, 4) is 0 Å². The van der Waals surface area contributed by atoms with Gasteiger partial charge >= 0.3 is 5.97 Å². The summed E-state index contributed by atoms with van der Waals surface area (Å²) in [4.78, 5) is 11.6. The molecule has 0 bridgehead atoms. The maximum absolute atomic E-state index is 11.6. The molecule has 1 aliphatic rings. The second kappa shape index (κ2) is 7.88. The van der Waals surface area contributed by atoms with E-state index >= 15 is 0 Å². The fraction of sp³-hybridized carbons (Fsp3) is 0.938. The van der Waals surface area contributed by atoms with E-state index in [1.54, 1.807) is 0 Å². The third-order valence-corrected chi connectivity index (χ3v) is 4.95. The van der Waals surface area contributed by atoms with Crippen LogP contribution in [0.3, 0.4) is 0 Å². The molecule has 0 aromatic rings. The van der Waals surface area contributed by atoms with Crippen molar-refractivity contribution in [3.63, 3.8) is 0 Å². The maximum Gasteiger partial charge on any atom is 0.309 e. The molecule has 1 aliphatic carbocycles. The second-order valence-electron chi connectivity index (χ2n) is 6.55. The van der Waals surface area contributed by atoms with Crippen LogP contribution in [0.15, 0.2) is 0 Å². The smallest absolute Gasteiger partial charge is 0.309 e. The zero-order chi connectivity index (χ0) is 14.3. The summed E-state index contributed by atoms with van der Waals surface area (Å²) in [6, 6.07) is 0. The van der Waals surface area contributed by atoms with Crippen molar-refractivity contribution < 1.29 is 15.0 Å². The number of aliphatic carboxylic acids is 1. The summed E-state index contributed by atoms with van der Waals surface area (Å²) >= 11 is 0. The van der Waals surface area contributed by atoms with Gasteiger partial charge < -0.3 is 10.2 Å². The van der Waals surface area contributed by atoms with E-state index in [1.807, 2.05) is 0 Å². The van der Waals surface area contributed by atoms with Gasteiger partial charge in [-0.15, -0.1) is 0 Å². The maximum atomic E-state index is 11.6. The van der Waals surface area contributed by atoms with Gasteiger partial charge in [-0.2, -0.15) is 0 Å². The van der Waals surface area contributed by atoms with Crippen LogP contribution in [0.4, 0.5) is 0 Å². The lowest BCUT2D eigenvalue weighted by atomic mass is 9.66. The molecular formula is C16H30O3. The fourth-order valence-electron chi connectivity index (χ4n) is 3.36. The average Bonchev–Trinajstić information content (AvgIpc) is 2.38. The van der Waals surface area contributed by atoms with Gasteiger partial charge in [0.05, 0.1) is 5.41 Å². The minimum Gasteiger partial charge on any atom is -0.481 e. The molecule has 0 radical (unpaired) electrons. The number of aliphatic hydroxyl groups excluding tert-OH is 1. The van der Waals surface area contributed by atoms with Gasteiger partial charge in [0, 0.05) is 6.61 Å². The van der Waals surface area contributed by atoms with E-state index in [2.05, 4.69) is 13.8 Å². The minimum atomic E-state index is -0.586. The normalized spacial score (nSPS) is 27.7. The van der Waals surface area contributed by atoms with Gasteiger partial charge in [0.25, 0.3) is 0 Å². The van der Waals surface area contributed by atoms with Crippen LogP contribution in [0.5, 0.6) is 0 Å². The van der Waals surface area contributed by atoms with Crippen molar-refractivity contribution in [3.05, 3.63) is 0 Å². The number of carbonyl (C=O) groups is 1. The van der Waals surface area contributed by atoms with E-state index < -0.39 is 11.4 Å². The van der Waals surface area contributed by atoms with Gasteiger partial charge in [-0.25, -0.2) is 0 Å². The average molecular weight is 270 g/mol. The molecule has 112 valence electrons. The lowest BCUT2D eigenvalue weighted by Gasteiger charge is -2.38. The zero-order valence-corrected chi connectivity index (χ0v) is 12.5. The number of hydrogen-bond donors (Lipinski definition) is 2. The van der Waals surface area contributed by atoms with Crippen LogP contribution in [0, 0.1) is 17.3 Å². The quantitative estimate of drug-likeness (QED) is 0.659. The van der Waals surface area contributed by atoms with Crippen molar-refractivity contribution in [1.29, 1.82) is 0 Å². The Labute approximate surface area is 117 Å². The first-order chi connectivity index (χ1) is 9.02. The van der Waals surface area contributed by atoms with E-state index in [0.29, 0.717) is 11.8 Å². The Kier molecular flexibility index (Phi) is 6.84. The van der Waals surface area contributed by atoms with E-state index in [-0.39, 0.29) is 6.61 Å². The Morgan fingerprint density at radius 2 is 1.74 bits per heavy atom. The zero-order valence-electron chi connectivity index (χ0n) is 12.5. The van der Waals surface area contributed by atoms with Crippen LogP contribution in [-0.4, -0.2) is 22.8 Å². The summed E-state index contributed by atoms with van der Waals surface area (Å²) in [6.45, 7) is 4.74. The first-order valence-corrected chi connectivity index (χ1v) is 7.86. The van der Waals surface area contributed by atoms with Crippen LogP contribution < -0.4 is 0 Å². The molecular weight excluding hydrogens is 240 g/mol. The van der Waals surface area contributed by atoms with Gasteiger partial charge in [-0.3, -0.25) is 4.79 Å². The molecule has 1 saturated carbocycles. The summed E-state index contributed by atoms with van der Waals surface area (Å²) in [5, 5.41) is 18.3. The lowest BCUT2D eigenvalue weighted by Crippen LogP contribution is -2.36. The Balaban J connectivity index is 2.42. The molecule has 0 amide bonds. The third kappa shape index (κ3) is 4.79. The van der Waals surface area contributed by atoms with Crippen molar-refractivity contribution in [2.75, 3.05) is 6.61 Å². The predicted molar refractivity (Wildman–Crippen MR) is 77.0 cm³/mol. The number of carboxylic acids is 1. The van der Waals surface area contributed by atoms with Gasteiger partial charge in [-0.1, -0.05) is 33.1 Å². The first kappa shape index (κ1) is 16.5. The van der Waals surface area contributed by atoms with Crippen molar-refractivity contribution >= 4 is 5.97 Å². The van der Waals surface area contributed by atoms with E-state index in [4.69, 9.17) is 5.11 Å². The standard InChI is InChI=1S/C16H30O3/c1-13(2)14-7-10-16(11-8-14,15(18)19)9-5-3-4-6-12-17/h13-14,17H,3-12H2,1-2H3,(H,18,19). The largest absolute Gasteiger partial charge is 0.481 e. The van der Waals surface area contributed by atoms with Crippen LogP contribution >= 0.6 is 0 Å². The molecule has 1 rings (SSSR count). The molecule has 3 nitrogen and oxygen atoms in total. The molecule has 0 unspecified atom stereocenters. The minimum absolute atomic E-state index is 0.250. The molecule has 0 saturated heterocycles. The summed E-state index contributed by atoms with van der Waals surface area (Å²) in [6.07, 6.45) is 8.55. The Bertz CT molecular complexity index is 265. The van der Waals surface area contributed by atoms with Crippen molar-refractivity contribution in [1.82, 2.24) is 0 Å². The van der Waals surface area contributed by atoms with E-state index in [1.165, 1.54) is 0 Å². The van der Waals surface area contributed by atoms with E-state index in [0.717, 1.165) is 57.8 Å². The lowest BCUT2D eigenvalue weighted by molar-refractivity contribution is -0.152. The van der Waals surface area contributed by atoms with Crippen LogP contribution in [0.1, 0.15) is 71.6 Å². The van der Waals surface area contributed by atoms with Crippen molar-refractivity contribution in [2.45, 2.75) is 71.6 Å². The number of hydrogen-bond acceptors (Lipinski definition) is 2. The van der Waals surface area contributed by atoms with Gasteiger partial charge in [0.1, 0.15) is 0 Å². The Hall–Kier alpha value is -0.570. The highest BCUT2D eigenvalue weighted by Gasteiger charge is 2.41. The SMILES string of the molecule is CC(C)C1CCC(CCCCCCO)(C(=O)O)CC1. The summed E-state index contributed by atoms with van der Waals surface area (Å²) in [5.41, 5.74) is -0.454. The summed E-state index contributed by atoms with van der Waals surface area (Å²) in [7, 11) is 0. The molecule has 0 aromatic carbocycles. The number of unbranched alkanes of at least 4 members (excludes halogenated alkanes) is 3. The molecule has 0 spiro atoms. The van der Waals surface area contributed by atoms with Crippen LogP contribution in [0.25, 0.3) is 0 Å². The molecule has 1 fully saturated rings. The summed E-state index contributed by atoms with van der Waals surface area (Å²) in [5.74, 6) is 0.801. The Morgan fingerprint density at radius 3 is 2.21 bits per heavy atom. The highest BCUT2D eigenvalue weighted by atomic mass is 16.4. The van der Waals surface area contributed by atoms with E-state index in [9.17, 15) is 9.90 Å². The molecule has 19 heavy (non-hydrogen) atoms. The molecule has 0 heterocycles. The fourth-order valence-corrected chi connectivity index (χ4v) is 3.36. The Morgan fingerprint density at radius 1 is 1.16 bits per heavy atom. The van der Waals surface area contributed by atoms with Crippen LogP contribution in [0.2, 0.25) is 0 Å². The van der Waals surface area contributed by atoms with Gasteiger partial charge in [-0.05, 0) is 50.4 Å².